The summed E-state index contributed by atoms with van der Waals surface area (Å²) in [6, 6.07) is 7.83. The fraction of sp³-hybridized carbons (Fsp3) is 0.294. The van der Waals surface area contributed by atoms with Gasteiger partial charge in [0.05, 0.1) is 28.9 Å². The van der Waals surface area contributed by atoms with Gasteiger partial charge in [-0.2, -0.15) is 0 Å². The first kappa shape index (κ1) is 15.6. The summed E-state index contributed by atoms with van der Waals surface area (Å²) in [4.78, 5) is 19.6. The molecule has 6 heteroatoms. The first-order chi connectivity index (χ1) is 10.8. The minimum absolute atomic E-state index is 0.0658. The summed E-state index contributed by atoms with van der Waals surface area (Å²) >= 11 is 6.49. The third-order valence-electron chi connectivity index (χ3n) is 3.44. The summed E-state index contributed by atoms with van der Waals surface area (Å²) in [6.07, 6.45) is 3.35. The zero-order chi connectivity index (χ0) is 16.6. The van der Waals surface area contributed by atoms with Crippen LogP contribution in [0.25, 0.3) is 22.3 Å². The second-order valence-corrected chi connectivity index (χ2v) is 6.94. The molecule has 0 saturated carbocycles. The fourth-order valence-corrected chi connectivity index (χ4v) is 2.86. The second-order valence-electron chi connectivity index (χ2n) is 6.56. The first-order valence-electron chi connectivity index (χ1n) is 7.43. The number of aromatic nitrogens is 3. The molecule has 2 aromatic heterocycles. The van der Waals surface area contributed by atoms with E-state index < -0.39 is 0 Å². The standard InChI is InChI=1S/C17H19ClN4O/c1-17(2,3)21-14(23)9-22-10-19-8-13(22)16-15(18)11-6-4-5-7-12(11)20-16/h4-8,10,20H,9H2,1-3H3,(H,21,23). The average Bonchev–Trinajstić information content (AvgIpc) is 3.02. The molecule has 3 rings (SSSR count). The van der Waals surface area contributed by atoms with Crippen molar-refractivity contribution in [3.05, 3.63) is 41.8 Å². The minimum atomic E-state index is -0.267. The molecule has 2 heterocycles. The topological polar surface area (TPSA) is 62.7 Å². The Morgan fingerprint density at radius 2 is 2.09 bits per heavy atom. The highest BCUT2D eigenvalue weighted by atomic mass is 35.5. The summed E-state index contributed by atoms with van der Waals surface area (Å²) in [5, 5.41) is 4.54. The van der Waals surface area contributed by atoms with Gasteiger partial charge in [-0.25, -0.2) is 4.98 Å². The van der Waals surface area contributed by atoms with Crippen LogP contribution in [0.5, 0.6) is 0 Å². The van der Waals surface area contributed by atoms with Gasteiger partial charge in [0.15, 0.2) is 0 Å². The third kappa shape index (κ3) is 3.24. The molecule has 0 bridgehead atoms. The van der Waals surface area contributed by atoms with Crippen LogP contribution < -0.4 is 5.32 Å². The SMILES string of the molecule is CC(C)(C)NC(=O)Cn1cncc1-c1[nH]c2ccccc2c1Cl. The van der Waals surface area contributed by atoms with Gasteiger partial charge in [0.2, 0.25) is 5.91 Å². The van der Waals surface area contributed by atoms with Crippen molar-refractivity contribution in [3.8, 4) is 11.4 Å². The number of aromatic amines is 1. The Kier molecular flexibility index (Phi) is 3.90. The molecular weight excluding hydrogens is 312 g/mol. The number of para-hydroxylation sites is 1. The first-order valence-corrected chi connectivity index (χ1v) is 7.81. The van der Waals surface area contributed by atoms with Gasteiger partial charge in [-0.3, -0.25) is 4.79 Å². The molecule has 0 spiro atoms. The zero-order valence-electron chi connectivity index (χ0n) is 13.4. The lowest BCUT2D eigenvalue weighted by Crippen LogP contribution is -2.42. The predicted octanol–water partition coefficient (Wildman–Crippen LogP) is 3.60. The number of rotatable bonds is 3. The monoisotopic (exact) mass is 330 g/mol. The van der Waals surface area contributed by atoms with Gasteiger partial charge in [-0.05, 0) is 26.8 Å². The van der Waals surface area contributed by atoms with Crippen molar-refractivity contribution in [2.24, 2.45) is 0 Å². The highest BCUT2D eigenvalue weighted by Gasteiger charge is 2.18. The highest BCUT2D eigenvalue weighted by Crippen LogP contribution is 2.34. The quantitative estimate of drug-likeness (QED) is 0.770. The Morgan fingerprint density at radius 3 is 2.78 bits per heavy atom. The molecule has 0 fully saturated rings. The molecule has 0 aliphatic carbocycles. The summed E-state index contributed by atoms with van der Waals surface area (Å²) in [7, 11) is 0. The van der Waals surface area contributed by atoms with Crippen LogP contribution in [0, 0.1) is 0 Å². The van der Waals surface area contributed by atoms with E-state index >= 15 is 0 Å². The van der Waals surface area contributed by atoms with E-state index in [1.807, 2.05) is 45.0 Å². The van der Waals surface area contributed by atoms with E-state index in [9.17, 15) is 4.79 Å². The van der Waals surface area contributed by atoms with Crippen LogP contribution >= 0.6 is 11.6 Å². The van der Waals surface area contributed by atoms with Crippen LogP contribution in [0.15, 0.2) is 36.8 Å². The van der Waals surface area contributed by atoms with Crippen LogP contribution in [0.4, 0.5) is 0 Å². The Bertz CT molecular complexity index is 857. The molecule has 1 amide bonds. The van der Waals surface area contributed by atoms with Crippen molar-refractivity contribution in [2.75, 3.05) is 0 Å². The Hall–Kier alpha value is -2.27. The molecule has 23 heavy (non-hydrogen) atoms. The lowest BCUT2D eigenvalue weighted by Gasteiger charge is -2.20. The number of imidazole rings is 1. The van der Waals surface area contributed by atoms with Gasteiger partial charge in [-0.15, -0.1) is 0 Å². The van der Waals surface area contributed by atoms with E-state index in [1.165, 1.54) is 0 Å². The number of nitrogens with zero attached hydrogens (tertiary/aromatic N) is 2. The molecule has 3 aromatic rings. The van der Waals surface area contributed by atoms with Gasteiger partial charge in [-0.1, -0.05) is 29.8 Å². The molecule has 2 N–H and O–H groups in total. The fourth-order valence-electron chi connectivity index (χ4n) is 2.55. The van der Waals surface area contributed by atoms with Crippen molar-refractivity contribution in [1.82, 2.24) is 19.9 Å². The maximum absolute atomic E-state index is 12.2. The molecule has 0 aliphatic heterocycles. The van der Waals surface area contributed by atoms with E-state index in [1.54, 1.807) is 17.1 Å². The van der Waals surface area contributed by atoms with Crippen molar-refractivity contribution < 1.29 is 4.79 Å². The number of carbonyl (C=O) groups excluding carboxylic acids is 1. The van der Waals surface area contributed by atoms with E-state index in [2.05, 4.69) is 15.3 Å². The lowest BCUT2D eigenvalue weighted by atomic mass is 10.1. The Morgan fingerprint density at radius 1 is 1.35 bits per heavy atom. The van der Waals surface area contributed by atoms with E-state index in [-0.39, 0.29) is 18.0 Å². The maximum Gasteiger partial charge on any atom is 0.240 e. The van der Waals surface area contributed by atoms with E-state index in [0.29, 0.717) is 5.02 Å². The molecule has 0 atom stereocenters. The number of halogens is 1. The van der Waals surface area contributed by atoms with Crippen molar-refractivity contribution >= 4 is 28.4 Å². The van der Waals surface area contributed by atoms with E-state index in [4.69, 9.17) is 11.6 Å². The van der Waals surface area contributed by atoms with Crippen molar-refractivity contribution in [1.29, 1.82) is 0 Å². The van der Waals surface area contributed by atoms with Crippen LogP contribution in [-0.2, 0) is 11.3 Å². The predicted molar refractivity (Wildman–Crippen MR) is 92.4 cm³/mol. The number of fused-ring (bicyclic) bond motifs is 1. The number of benzene rings is 1. The van der Waals surface area contributed by atoms with Gasteiger partial charge in [0.1, 0.15) is 6.54 Å². The smallest absolute Gasteiger partial charge is 0.240 e. The molecule has 0 saturated heterocycles. The number of hydrogen-bond acceptors (Lipinski definition) is 2. The number of carbonyl (C=O) groups is 1. The number of nitrogens with one attached hydrogen (secondary N) is 2. The largest absolute Gasteiger partial charge is 0.352 e. The van der Waals surface area contributed by atoms with Crippen molar-refractivity contribution in [3.63, 3.8) is 0 Å². The van der Waals surface area contributed by atoms with Gasteiger partial charge < -0.3 is 14.9 Å². The number of hydrogen-bond donors (Lipinski definition) is 2. The Labute approximate surface area is 139 Å². The summed E-state index contributed by atoms with van der Waals surface area (Å²) < 4.78 is 1.79. The maximum atomic E-state index is 12.2. The van der Waals surface area contributed by atoms with Gasteiger partial charge >= 0.3 is 0 Å². The molecule has 0 unspecified atom stereocenters. The van der Waals surface area contributed by atoms with E-state index in [0.717, 1.165) is 22.3 Å². The van der Waals surface area contributed by atoms with Crippen LogP contribution in [0.2, 0.25) is 5.02 Å². The van der Waals surface area contributed by atoms with Gasteiger partial charge in [0.25, 0.3) is 0 Å². The summed E-state index contributed by atoms with van der Waals surface area (Å²) in [6.45, 7) is 6.05. The minimum Gasteiger partial charge on any atom is -0.352 e. The summed E-state index contributed by atoms with van der Waals surface area (Å²) in [5.74, 6) is -0.0658. The number of amides is 1. The molecular formula is C17H19ClN4O. The average molecular weight is 331 g/mol. The lowest BCUT2D eigenvalue weighted by molar-refractivity contribution is -0.123. The second kappa shape index (κ2) is 5.74. The zero-order valence-corrected chi connectivity index (χ0v) is 14.1. The van der Waals surface area contributed by atoms with Crippen LogP contribution in [0.1, 0.15) is 20.8 Å². The normalized spacial score (nSPS) is 11.8. The van der Waals surface area contributed by atoms with Crippen LogP contribution in [-0.4, -0.2) is 26.0 Å². The molecule has 0 aliphatic rings. The Balaban J connectivity index is 1.94. The number of H-pyrrole nitrogens is 1. The molecule has 0 radical (unpaired) electrons. The molecule has 1 aromatic carbocycles. The molecule has 120 valence electrons. The van der Waals surface area contributed by atoms with Crippen LogP contribution in [0.3, 0.4) is 0 Å². The summed E-state index contributed by atoms with van der Waals surface area (Å²) in [5.41, 5.74) is 2.25. The third-order valence-corrected chi connectivity index (χ3v) is 3.83. The van der Waals surface area contributed by atoms with Gasteiger partial charge in [0, 0.05) is 16.4 Å². The van der Waals surface area contributed by atoms with Crippen molar-refractivity contribution in [2.45, 2.75) is 32.9 Å². The molecule has 5 nitrogen and oxygen atoms in total. The highest BCUT2D eigenvalue weighted by molar-refractivity contribution is 6.38.